The van der Waals surface area contributed by atoms with Crippen LogP contribution in [-0.4, -0.2) is 31.1 Å². The van der Waals surface area contributed by atoms with Crippen molar-refractivity contribution in [2.24, 2.45) is 0 Å². The Bertz CT molecular complexity index is 1400. The Morgan fingerprint density at radius 2 is 1.88 bits per heavy atom. The number of halogens is 2. The lowest BCUT2D eigenvalue weighted by Crippen LogP contribution is -2.08. The lowest BCUT2D eigenvalue weighted by molar-refractivity contribution is -0.0504. The second kappa shape index (κ2) is 9.52. The van der Waals surface area contributed by atoms with E-state index in [9.17, 15) is 8.78 Å². The van der Waals surface area contributed by atoms with Crippen molar-refractivity contribution in [2.75, 3.05) is 5.32 Å². The predicted molar refractivity (Wildman–Crippen MR) is 127 cm³/mol. The minimum Gasteiger partial charge on any atom is -0.434 e. The molecule has 5 rings (SSSR count). The van der Waals surface area contributed by atoms with Gasteiger partial charge in [-0.3, -0.25) is 0 Å². The fraction of sp³-hybridized carbons (Fsp3) is 0.167. The third kappa shape index (κ3) is 4.72. The molecule has 0 unspecified atom stereocenters. The molecule has 0 aliphatic heterocycles. The molecular weight excluding hydrogens is 458 g/mol. The van der Waals surface area contributed by atoms with E-state index < -0.39 is 6.61 Å². The summed E-state index contributed by atoms with van der Waals surface area (Å²) in [5.74, 6) is 1.46. The van der Waals surface area contributed by atoms with Crippen molar-refractivity contribution in [1.29, 1.82) is 0 Å². The van der Waals surface area contributed by atoms with Crippen molar-refractivity contribution in [3.63, 3.8) is 0 Å². The minimum atomic E-state index is -2.88. The molecule has 0 saturated carbocycles. The number of hydrogen-bond acceptors (Lipinski definition) is 7. The summed E-state index contributed by atoms with van der Waals surface area (Å²) >= 11 is 1.57. The quantitative estimate of drug-likeness (QED) is 0.316. The van der Waals surface area contributed by atoms with Gasteiger partial charge in [-0.15, -0.1) is 11.3 Å². The molecule has 0 atom stereocenters. The van der Waals surface area contributed by atoms with Crippen molar-refractivity contribution in [3.05, 3.63) is 82.8 Å². The Balaban J connectivity index is 1.41. The normalized spacial score (nSPS) is 11.3. The molecule has 1 N–H and O–H groups in total. The number of benzene rings is 2. The Morgan fingerprint density at radius 1 is 1.06 bits per heavy atom. The molecule has 0 bridgehead atoms. The van der Waals surface area contributed by atoms with Gasteiger partial charge in [0, 0.05) is 35.1 Å². The molecule has 3 heterocycles. The summed E-state index contributed by atoms with van der Waals surface area (Å²) < 4.78 is 32.4. The summed E-state index contributed by atoms with van der Waals surface area (Å²) in [6.45, 7) is -0.0713. The molecule has 0 radical (unpaired) electrons. The molecular formula is C24H20F2N6OS. The van der Waals surface area contributed by atoms with Gasteiger partial charge in [-0.1, -0.05) is 24.3 Å². The first-order chi connectivity index (χ1) is 16.6. The summed E-state index contributed by atoms with van der Waals surface area (Å²) in [5.41, 5.74) is 4.13. The summed E-state index contributed by atoms with van der Waals surface area (Å²) in [6, 6.07) is 12.7. The van der Waals surface area contributed by atoms with Crippen molar-refractivity contribution < 1.29 is 13.5 Å². The molecule has 7 nitrogen and oxygen atoms in total. The Hall–Kier alpha value is -3.92. The molecule has 2 aromatic carbocycles. The molecule has 0 amide bonds. The molecule has 0 fully saturated rings. The second-order valence-corrected chi connectivity index (χ2v) is 8.49. The SMILES string of the molecule is Cc1nc2ccc(-c3cnc(NCc4nccs4)nc3)cc2n1Cc1ccccc1OC(F)F. The average molecular weight is 479 g/mol. The van der Waals surface area contributed by atoms with E-state index in [0.717, 1.165) is 33.0 Å². The maximum atomic E-state index is 12.8. The first-order valence-electron chi connectivity index (χ1n) is 10.5. The molecule has 3 aromatic heterocycles. The van der Waals surface area contributed by atoms with Gasteiger partial charge in [0.05, 0.1) is 24.1 Å². The van der Waals surface area contributed by atoms with Gasteiger partial charge >= 0.3 is 6.61 Å². The van der Waals surface area contributed by atoms with Crippen LogP contribution >= 0.6 is 11.3 Å². The number of imidazole rings is 1. The summed E-state index contributed by atoms with van der Waals surface area (Å²) in [5, 5.41) is 6.05. The Morgan fingerprint density at radius 3 is 2.65 bits per heavy atom. The number of nitrogens with zero attached hydrogens (tertiary/aromatic N) is 5. The molecule has 34 heavy (non-hydrogen) atoms. The van der Waals surface area contributed by atoms with E-state index in [1.165, 1.54) is 0 Å². The number of fused-ring (bicyclic) bond motifs is 1. The van der Waals surface area contributed by atoms with E-state index in [1.54, 1.807) is 54.2 Å². The van der Waals surface area contributed by atoms with E-state index in [-0.39, 0.29) is 5.75 Å². The minimum absolute atomic E-state index is 0.157. The van der Waals surface area contributed by atoms with E-state index in [1.807, 2.05) is 35.1 Å². The highest BCUT2D eigenvalue weighted by Crippen LogP contribution is 2.28. The zero-order chi connectivity index (χ0) is 23.5. The number of rotatable bonds is 8. The van der Waals surface area contributed by atoms with Gasteiger partial charge in [0.25, 0.3) is 0 Å². The van der Waals surface area contributed by atoms with Gasteiger partial charge in [-0.2, -0.15) is 8.78 Å². The van der Waals surface area contributed by atoms with Gasteiger partial charge in [0.15, 0.2) is 0 Å². The average Bonchev–Trinajstić information content (AvgIpc) is 3.46. The number of aryl methyl sites for hydroxylation is 1. The zero-order valence-corrected chi connectivity index (χ0v) is 19.0. The van der Waals surface area contributed by atoms with Crippen LogP contribution in [0.4, 0.5) is 14.7 Å². The van der Waals surface area contributed by atoms with Crippen LogP contribution in [0, 0.1) is 6.92 Å². The summed E-state index contributed by atoms with van der Waals surface area (Å²) in [6.07, 6.45) is 5.29. The van der Waals surface area contributed by atoms with E-state index in [4.69, 9.17) is 4.74 Å². The number of ether oxygens (including phenoxy) is 1. The van der Waals surface area contributed by atoms with Crippen LogP contribution < -0.4 is 10.1 Å². The maximum Gasteiger partial charge on any atom is 0.387 e. The monoisotopic (exact) mass is 478 g/mol. The highest BCUT2D eigenvalue weighted by Gasteiger charge is 2.14. The standard InChI is InChI=1S/C24H20F2N6OS/c1-15-31-19-7-6-16(18-11-28-24(29-12-18)30-13-22-27-8-9-34-22)10-20(19)32(15)14-17-4-2-3-5-21(17)33-23(25)26/h2-12,23H,13-14H2,1H3,(H,28,29,30). The van der Waals surface area contributed by atoms with Crippen LogP contribution in [0.1, 0.15) is 16.4 Å². The van der Waals surface area contributed by atoms with Crippen molar-refractivity contribution >= 4 is 28.3 Å². The van der Waals surface area contributed by atoms with E-state index in [0.29, 0.717) is 24.6 Å². The molecule has 0 spiro atoms. The van der Waals surface area contributed by atoms with E-state index >= 15 is 0 Å². The third-order valence-corrected chi connectivity index (χ3v) is 6.10. The molecule has 0 aliphatic carbocycles. The lowest BCUT2D eigenvalue weighted by atomic mass is 10.1. The van der Waals surface area contributed by atoms with Crippen molar-refractivity contribution in [3.8, 4) is 16.9 Å². The van der Waals surface area contributed by atoms with Gasteiger partial charge in [0.1, 0.15) is 16.6 Å². The lowest BCUT2D eigenvalue weighted by Gasteiger charge is -2.13. The van der Waals surface area contributed by atoms with E-state index in [2.05, 4.69) is 25.3 Å². The number of anilines is 1. The molecule has 0 saturated heterocycles. The summed E-state index contributed by atoms with van der Waals surface area (Å²) in [7, 11) is 0. The molecule has 172 valence electrons. The first-order valence-corrected chi connectivity index (χ1v) is 11.4. The smallest absolute Gasteiger partial charge is 0.387 e. The second-order valence-electron chi connectivity index (χ2n) is 7.51. The summed E-state index contributed by atoms with van der Waals surface area (Å²) in [4.78, 5) is 17.7. The van der Waals surface area contributed by atoms with Crippen LogP contribution in [0.5, 0.6) is 5.75 Å². The Kier molecular flexibility index (Phi) is 6.13. The highest BCUT2D eigenvalue weighted by molar-refractivity contribution is 7.09. The number of alkyl halides is 2. The van der Waals surface area contributed by atoms with Crippen LogP contribution in [0.25, 0.3) is 22.2 Å². The third-order valence-electron chi connectivity index (χ3n) is 5.32. The van der Waals surface area contributed by atoms with Crippen molar-refractivity contribution in [1.82, 2.24) is 24.5 Å². The number of thiazole rings is 1. The Labute approximate surface area is 198 Å². The number of aromatic nitrogens is 5. The topological polar surface area (TPSA) is 77.8 Å². The van der Waals surface area contributed by atoms with Crippen LogP contribution in [-0.2, 0) is 13.1 Å². The van der Waals surface area contributed by atoms with Crippen LogP contribution in [0.3, 0.4) is 0 Å². The molecule has 5 aromatic rings. The van der Waals surface area contributed by atoms with Crippen LogP contribution in [0.15, 0.2) is 66.4 Å². The first kappa shape index (κ1) is 21.9. The van der Waals surface area contributed by atoms with Crippen LogP contribution in [0.2, 0.25) is 0 Å². The fourth-order valence-corrected chi connectivity index (χ4v) is 4.26. The fourth-order valence-electron chi connectivity index (χ4n) is 3.70. The van der Waals surface area contributed by atoms with Gasteiger partial charge in [-0.05, 0) is 30.7 Å². The predicted octanol–water partition coefficient (Wildman–Crippen LogP) is 5.52. The number of para-hydroxylation sites is 1. The zero-order valence-electron chi connectivity index (χ0n) is 18.2. The number of hydrogen-bond donors (Lipinski definition) is 1. The van der Waals surface area contributed by atoms with Crippen molar-refractivity contribution in [2.45, 2.75) is 26.6 Å². The largest absolute Gasteiger partial charge is 0.434 e. The maximum absolute atomic E-state index is 12.8. The number of nitrogens with one attached hydrogen (secondary N) is 1. The molecule has 0 aliphatic rings. The van der Waals surface area contributed by atoms with Gasteiger partial charge < -0.3 is 14.6 Å². The van der Waals surface area contributed by atoms with Gasteiger partial charge in [0.2, 0.25) is 5.95 Å². The van der Waals surface area contributed by atoms with Gasteiger partial charge in [-0.25, -0.2) is 19.9 Å². The molecule has 10 heteroatoms. The highest BCUT2D eigenvalue weighted by atomic mass is 32.1.